The third-order valence-corrected chi connectivity index (χ3v) is 4.94. The fraction of sp³-hybridized carbons (Fsp3) is 0.115. The first kappa shape index (κ1) is 26.0. The molecule has 0 fully saturated rings. The predicted octanol–water partition coefficient (Wildman–Crippen LogP) is 6.43. The van der Waals surface area contributed by atoms with Crippen molar-refractivity contribution in [2.45, 2.75) is 13.0 Å². The summed E-state index contributed by atoms with van der Waals surface area (Å²) in [4.78, 5) is 19.0. The molecule has 1 atom stereocenters. The highest BCUT2D eigenvalue weighted by atomic mass is 35.5. The van der Waals surface area contributed by atoms with Crippen molar-refractivity contribution in [3.8, 4) is 17.4 Å². The SMILES string of the molecule is CC(C=CCO)Oc1ccc(Oc2cnc3cc(Cl)ccc3n2)cc1.O=C(O)c1ccc(Cl)cc1. The summed E-state index contributed by atoms with van der Waals surface area (Å²) >= 11 is 11.5. The Morgan fingerprint density at radius 1 is 0.971 bits per heavy atom. The average Bonchev–Trinajstić information content (AvgIpc) is 2.85. The smallest absolute Gasteiger partial charge is 0.335 e. The van der Waals surface area contributed by atoms with E-state index in [-0.39, 0.29) is 18.3 Å². The molecule has 0 aliphatic carbocycles. The molecule has 1 heterocycles. The molecule has 2 N–H and O–H groups in total. The summed E-state index contributed by atoms with van der Waals surface area (Å²) in [6.07, 6.45) is 4.87. The molecule has 0 bridgehead atoms. The molecule has 180 valence electrons. The number of halogens is 2. The van der Waals surface area contributed by atoms with Gasteiger partial charge in [-0.05, 0) is 79.7 Å². The molecule has 0 aliphatic rings. The zero-order valence-electron chi connectivity index (χ0n) is 18.6. The van der Waals surface area contributed by atoms with Gasteiger partial charge in [0, 0.05) is 10.0 Å². The zero-order valence-corrected chi connectivity index (χ0v) is 20.1. The maximum Gasteiger partial charge on any atom is 0.335 e. The van der Waals surface area contributed by atoms with E-state index in [0.29, 0.717) is 38.5 Å². The lowest BCUT2D eigenvalue weighted by atomic mass is 10.2. The quantitative estimate of drug-likeness (QED) is 0.275. The minimum Gasteiger partial charge on any atom is -0.487 e. The van der Waals surface area contributed by atoms with E-state index in [1.54, 1.807) is 60.8 Å². The Balaban J connectivity index is 0.000000287. The van der Waals surface area contributed by atoms with Crippen LogP contribution in [0.3, 0.4) is 0 Å². The summed E-state index contributed by atoms with van der Waals surface area (Å²) in [5.74, 6) is 0.814. The van der Waals surface area contributed by atoms with Crippen LogP contribution in [0.15, 0.2) is 85.1 Å². The number of aliphatic hydroxyl groups excluding tert-OH is 1. The predicted molar refractivity (Wildman–Crippen MR) is 136 cm³/mol. The molecule has 4 aromatic rings. The van der Waals surface area contributed by atoms with Crippen molar-refractivity contribution in [3.63, 3.8) is 0 Å². The maximum atomic E-state index is 10.3. The number of ether oxygens (including phenoxy) is 2. The first-order valence-corrected chi connectivity index (χ1v) is 11.2. The van der Waals surface area contributed by atoms with Gasteiger partial charge < -0.3 is 19.7 Å². The number of aromatic carboxylic acids is 1. The van der Waals surface area contributed by atoms with Crippen LogP contribution in [0.2, 0.25) is 10.0 Å². The number of aromatic nitrogens is 2. The Labute approximate surface area is 212 Å². The molecule has 0 saturated carbocycles. The van der Waals surface area contributed by atoms with Gasteiger partial charge in [0.2, 0.25) is 5.88 Å². The van der Waals surface area contributed by atoms with Crippen molar-refractivity contribution >= 4 is 40.2 Å². The van der Waals surface area contributed by atoms with E-state index in [4.69, 9.17) is 42.9 Å². The standard InChI is InChI=1S/C19H17ClN2O3.C7H5ClO2/c1-13(3-2-10-23)24-15-5-7-16(8-6-15)25-19-12-21-18-11-14(20)4-9-17(18)22-19;8-6-3-1-5(2-4-6)7(9)10/h2-9,11-13,23H,10H2,1H3;1-4H,(H,9,10). The van der Waals surface area contributed by atoms with Crippen LogP contribution in [-0.4, -0.2) is 38.9 Å². The molecule has 1 aromatic heterocycles. The molecule has 4 rings (SSSR count). The molecule has 35 heavy (non-hydrogen) atoms. The number of hydrogen-bond donors (Lipinski definition) is 2. The fourth-order valence-corrected chi connectivity index (χ4v) is 3.11. The second-order valence-electron chi connectivity index (χ2n) is 7.16. The molecule has 0 saturated heterocycles. The van der Waals surface area contributed by atoms with E-state index < -0.39 is 5.97 Å². The van der Waals surface area contributed by atoms with Crippen molar-refractivity contribution in [3.05, 3.63) is 101 Å². The summed E-state index contributed by atoms with van der Waals surface area (Å²) in [7, 11) is 0. The highest BCUT2D eigenvalue weighted by molar-refractivity contribution is 6.31. The Kier molecular flexibility index (Phi) is 9.43. The van der Waals surface area contributed by atoms with Gasteiger partial charge in [0.25, 0.3) is 0 Å². The molecule has 3 aromatic carbocycles. The number of carboxylic acid groups (broad SMARTS) is 1. The minimum absolute atomic E-state index is 0.000519. The van der Waals surface area contributed by atoms with Gasteiger partial charge in [-0.2, -0.15) is 0 Å². The van der Waals surface area contributed by atoms with Gasteiger partial charge in [-0.1, -0.05) is 29.3 Å². The number of aliphatic hydroxyl groups is 1. The van der Waals surface area contributed by atoms with E-state index in [2.05, 4.69) is 9.97 Å². The fourth-order valence-electron chi connectivity index (χ4n) is 2.82. The van der Waals surface area contributed by atoms with Crippen LogP contribution in [0.25, 0.3) is 11.0 Å². The van der Waals surface area contributed by atoms with Crippen molar-refractivity contribution in [1.82, 2.24) is 9.97 Å². The van der Waals surface area contributed by atoms with Crippen molar-refractivity contribution in [2.75, 3.05) is 6.61 Å². The Morgan fingerprint density at radius 2 is 1.63 bits per heavy atom. The maximum absolute atomic E-state index is 10.3. The number of fused-ring (bicyclic) bond motifs is 1. The van der Waals surface area contributed by atoms with E-state index in [0.717, 1.165) is 0 Å². The second-order valence-corrected chi connectivity index (χ2v) is 8.03. The highest BCUT2D eigenvalue weighted by Crippen LogP contribution is 2.25. The molecule has 9 heteroatoms. The third-order valence-electron chi connectivity index (χ3n) is 4.45. The number of rotatable bonds is 7. The van der Waals surface area contributed by atoms with Gasteiger partial charge in [0.05, 0.1) is 29.4 Å². The molecular formula is C26H22Cl2N2O5. The average molecular weight is 513 g/mol. The molecule has 0 amide bonds. The van der Waals surface area contributed by atoms with Crippen molar-refractivity contribution in [2.24, 2.45) is 0 Å². The molecule has 0 spiro atoms. The third kappa shape index (κ3) is 8.26. The summed E-state index contributed by atoms with van der Waals surface area (Å²) in [6, 6.07) is 18.6. The van der Waals surface area contributed by atoms with E-state index in [1.807, 2.05) is 19.1 Å². The lowest BCUT2D eigenvalue weighted by molar-refractivity contribution is 0.0697. The highest BCUT2D eigenvalue weighted by Gasteiger charge is 2.05. The topological polar surface area (TPSA) is 102 Å². The molecular weight excluding hydrogens is 491 g/mol. The zero-order chi connectivity index (χ0) is 25.2. The van der Waals surface area contributed by atoms with Gasteiger partial charge in [-0.25, -0.2) is 14.8 Å². The van der Waals surface area contributed by atoms with Crippen molar-refractivity contribution < 1.29 is 24.5 Å². The van der Waals surface area contributed by atoms with E-state index in [9.17, 15) is 4.79 Å². The molecule has 7 nitrogen and oxygen atoms in total. The van der Waals surface area contributed by atoms with Crippen LogP contribution in [0.4, 0.5) is 0 Å². The summed E-state index contributed by atoms with van der Waals surface area (Å²) in [5, 5.41) is 18.4. The van der Waals surface area contributed by atoms with Crippen LogP contribution in [-0.2, 0) is 0 Å². The van der Waals surface area contributed by atoms with Crippen LogP contribution in [0.5, 0.6) is 17.4 Å². The summed E-state index contributed by atoms with van der Waals surface area (Å²) in [6.45, 7) is 1.90. The van der Waals surface area contributed by atoms with Crippen LogP contribution < -0.4 is 9.47 Å². The monoisotopic (exact) mass is 512 g/mol. The molecule has 1 unspecified atom stereocenters. The number of hydrogen-bond acceptors (Lipinski definition) is 6. The second kappa shape index (κ2) is 12.7. The van der Waals surface area contributed by atoms with E-state index >= 15 is 0 Å². The summed E-state index contributed by atoms with van der Waals surface area (Å²) < 4.78 is 11.4. The lowest BCUT2D eigenvalue weighted by Gasteiger charge is -2.11. The largest absolute Gasteiger partial charge is 0.487 e. The van der Waals surface area contributed by atoms with Gasteiger partial charge in [0.1, 0.15) is 17.6 Å². The minimum atomic E-state index is -0.934. The molecule has 0 radical (unpaired) electrons. The number of nitrogens with zero attached hydrogens (tertiary/aromatic N) is 2. The van der Waals surface area contributed by atoms with Gasteiger partial charge in [-0.3, -0.25) is 0 Å². The summed E-state index contributed by atoms with van der Waals surface area (Å²) in [5.41, 5.74) is 1.68. The van der Waals surface area contributed by atoms with Crippen LogP contribution in [0.1, 0.15) is 17.3 Å². The molecule has 0 aliphatic heterocycles. The van der Waals surface area contributed by atoms with Gasteiger partial charge in [-0.15, -0.1) is 0 Å². The number of carboxylic acids is 1. The van der Waals surface area contributed by atoms with Gasteiger partial charge >= 0.3 is 5.97 Å². The number of benzene rings is 3. The normalized spacial score (nSPS) is 11.5. The van der Waals surface area contributed by atoms with Crippen LogP contribution in [0, 0.1) is 0 Å². The first-order valence-electron chi connectivity index (χ1n) is 10.5. The lowest BCUT2D eigenvalue weighted by Crippen LogP contribution is -2.08. The van der Waals surface area contributed by atoms with Crippen molar-refractivity contribution in [1.29, 1.82) is 0 Å². The Morgan fingerprint density at radius 3 is 2.29 bits per heavy atom. The number of carbonyl (C=O) groups is 1. The van der Waals surface area contributed by atoms with Crippen LogP contribution >= 0.6 is 23.2 Å². The van der Waals surface area contributed by atoms with Gasteiger partial charge in [0.15, 0.2) is 0 Å². The van der Waals surface area contributed by atoms with E-state index in [1.165, 1.54) is 12.1 Å². The first-order chi connectivity index (χ1) is 16.8. The Hall–Kier alpha value is -3.65. The Bertz CT molecular complexity index is 1300.